The third-order valence-electron chi connectivity index (χ3n) is 2.27. The molecule has 64 valence electrons. The zero-order valence-corrected chi connectivity index (χ0v) is 6.37. The lowest BCUT2D eigenvalue weighted by atomic mass is 10.1. The van der Waals surface area contributed by atoms with Crippen molar-refractivity contribution in [3.8, 4) is 0 Å². The van der Waals surface area contributed by atoms with Crippen molar-refractivity contribution < 1.29 is 8.78 Å². The lowest BCUT2D eigenvalue weighted by Crippen LogP contribution is -2.24. The van der Waals surface area contributed by atoms with Crippen molar-refractivity contribution in [2.75, 3.05) is 0 Å². The summed E-state index contributed by atoms with van der Waals surface area (Å²) < 4.78 is 26.4. The van der Waals surface area contributed by atoms with E-state index in [0.29, 0.717) is 11.1 Å². The van der Waals surface area contributed by atoms with Crippen LogP contribution in [0.5, 0.6) is 0 Å². The maximum Gasteiger partial charge on any atom is 0.144 e. The van der Waals surface area contributed by atoms with Gasteiger partial charge in [0.1, 0.15) is 12.3 Å². The van der Waals surface area contributed by atoms with Crippen LogP contribution in [-0.4, -0.2) is 6.04 Å². The Kier molecular flexibility index (Phi) is 1.61. The number of fused-ring (bicyclic) bond motifs is 1. The first kappa shape index (κ1) is 7.68. The number of nitrogens with two attached hydrogens (primary N) is 1. The molecule has 1 aromatic rings. The summed E-state index contributed by atoms with van der Waals surface area (Å²) in [7, 11) is 0. The Bertz CT molecular complexity index is 271. The van der Waals surface area contributed by atoms with E-state index in [2.05, 4.69) is 0 Å². The van der Waals surface area contributed by atoms with Crippen molar-refractivity contribution in [1.29, 1.82) is 0 Å². The average molecular weight is 169 g/mol. The predicted molar refractivity (Wildman–Crippen MR) is 42.1 cm³/mol. The highest BCUT2D eigenvalue weighted by atomic mass is 19.1. The average Bonchev–Trinajstić information content (AvgIpc) is 2.33. The molecule has 0 saturated carbocycles. The van der Waals surface area contributed by atoms with Gasteiger partial charge in [-0.3, -0.25) is 0 Å². The molecule has 1 aromatic carbocycles. The molecule has 0 heterocycles. The first-order valence-corrected chi connectivity index (χ1v) is 3.84. The van der Waals surface area contributed by atoms with Crippen molar-refractivity contribution in [1.82, 2.24) is 0 Å². The molecule has 0 amide bonds. The van der Waals surface area contributed by atoms with Crippen LogP contribution in [0.1, 0.15) is 23.5 Å². The smallest absolute Gasteiger partial charge is 0.144 e. The second-order valence-corrected chi connectivity index (χ2v) is 3.01. The van der Waals surface area contributed by atoms with Crippen molar-refractivity contribution in [2.24, 2.45) is 5.73 Å². The molecule has 0 saturated heterocycles. The van der Waals surface area contributed by atoms with Gasteiger partial charge in [-0.2, -0.15) is 0 Å². The maximum atomic E-state index is 13.2. The molecule has 0 spiro atoms. The molecule has 2 unspecified atom stereocenters. The van der Waals surface area contributed by atoms with Crippen LogP contribution in [0.4, 0.5) is 8.78 Å². The fourth-order valence-electron chi connectivity index (χ4n) is 1.58. The van der Waals surface area contributed by atoms with Gasteiger partial charge in [0, 0.05) is 0 Å². The maximum absolute atomic E-state index is 13.2. The summed E-state index contributed by atoms with van der Waals surface area (Å²) in [5, 5.41) is 0. The van der Waals surface area contributed by atoms with Gasteiger partial charge in [-0.25, -0.2) is 8.78 Å². The Labute approximate surface area is 69.2 Å². The Morgan fingerprint density at radius 1 is 1.00 bits per heavy atom. The number of benzene rings is 1. The molecule has 2 atom stereocenters. The summed E-state index contributed by atoms with van der Waals surface area (Å²) in [6, 6.07) is 5.52. The van der Waals surface area contributed by atoms with E-state index in [1.165, 1.54) is 0 Å². The molecular formula is C9H9F2N. The minimum absolute atomic E-state index is 0.400. The monoisotopic (exact) mass is 169 g/mol. The Morgan fingerprint density at radius 3 is 1.83 bits per heavy atom. The molecule has 2 N–H and O–H groups in total. The number of halogens is 2. The molecule has 0 bridgehead atoms. The van der Waals surface area contributed by atoms with Crippen molar-refractivity contribution >= 4 is 0 Å². The van der Waals surface area contributed by atoms with Crippen LogP contribution in [0.2, 0.25) is 0 Å². The number of hydrogen-bond acceptors (Lipinski definition) is 1. The van der Waals surface area contributed by atoms with Crippen LogP contribution in [0, 0.1) is 0 Å². The topological polar surface area (TPSA) is 26.0 Å². The lowest BCUT2D eigenvalue weighted by molar-refractivity contribution is 0.217. The Balaban J connectivity index is 2.52. The lowest BCUT2D eigenvalue weighted by Gasteiger charge is -2.07. The van der Waals surface area contributed by atoms with Gasteiger partial charge < -0.3 is 5.73 Å². The zero-order valence-electron chi connectivity index (χ0n) is 6.37. The normalized spacial score (nSPS) is 33.4. The first-order valence-electron chi connectivity index (χ1n) is 3.84. The second kappa shape index (κ2) is 2.52. The zero-order chi connectivity index (χ0) is 8.72. The van der Waals surface area contributed by atoms with Crippen molar-refractivity contribution in [3.05, 3.63) is 35.4 Å². The van der Waals surface area contributed by atoms with E-state index in [4.69, 9.17) is 5.73 Å². The molecule has 1 aliphatic carbocycles. The Morgan fingerprint density at radius 2 is 1.42 bits per heavy atom. The van der Waals surface area contributed by atoms with Crippen LogP contribution in [-0.2, 0) is 0 Å². The predicted octanol–water partition coefficient (Wildman–Crippen LogP) is 2.05. The number of rotatable bonds is 0. The van der Waals surface area contributed by atoms with Crippen LogP contribution < -0.4 is 5.73 Å². The summed E-state index contributed by atoms with van der Waals surface area (Å²) in [6.45, 7) is 0. The second-order valence-electron chi connectivity index (χ2n) is 3.01. The molecule has 2 rings (SSSR count). The fraction of sp³-hybridized carbons (Fsp3) is 0.333. The Hall–Kier alpha value is -0.960. The van der Waals surface area contributed by atoms with Gasteiger partial charge in [-0.1, -0.05) is 24.3 Å². The van der Waals surface area contributed by atoms with Crippen molar-refractivity contribution in [3.63, 3.8) is 0 Å². The molecule has 3 heteroatoms. The highest BCUT2D eigenvalue weighted by molar-refractivity contribution is 5.38. The highest BCUT2D eigenvalue weighted by Crippen LogP contribution is 2.41. The van der Waals surface area contributed by atoms with E-state index in [9.17, 15) is 8.78 Å². The van der Waals surface area contributed by atoms with Gasteiger partial charge in [0.05, 0.1) is 6.04 Å². The van der Waals surface area contributed by atoms with Gasteiger partial charge in [-0.15, -0.1) is 0 Å². The number of alkyl halides is 2. The highest BCUT2D eigenvalue weighted by Gasteiger charge is 2.38. The quantitative estimate of drug-likeness (QED) is 0.632. The van der Waals surface area contributed by atoms with E-state index in [0.717, 1.165) is 0 Å². The molecule has 1 nitrogen and oxygen atoms in total. The van der Waals surface area contributed by atoms with Crippen molar-refractivity contribution in [2.45, 2.75) is 18.4 Å². The van der Waals surface area contributed by atoms with E-state index < -0.39 is 18.4 Å². The summed E-state index contributed by atoms with van der Waals surface area (Å²) in [5.74, 6) is 0. The van der Waals surface area contributed by atoms with Crippen LogP contribution in [0.25, 0.3) is 0 Å². The van der Waals surface area contributed by atoms with Gasteiger partial charge >= 0.3 is 0 Å². The summed E-state index contributed by atoms with van der Waals surface area (Å²) >= 11 is 0. The number of hydrogen-bond donors (Lipinski definition) is 1. The molecule has 0 fully saturated rings. The summed E-state index contributed by atoms with van der Waals surface area (Å²) in [5.41, 5.74) is 6.12. The minimum Gasteiger partial charge on any atom is -0.322 e. The van der Waals surface area contributed by atoms with Gasteiger partial charge in [0.15, 0.2) is 0 Å². The van der Waals surface area contributed by atoms with Crippen LogP contribution in [0.15, 0.2) is 24.3 Å². The van der Waals surface area contributed by atoms with Crippen LogP contribution in [0.3, 0.4) is 0 Å². The van der Waals surface area contributed by atoms with Gasteiger partial charge in [-0.05, 0) is 11.1 Å². The first-order chi connectivity index (χ1) is 5.72. The summed E-state index contributed by atoms with van der Waals surface area (Å²) in [4.78, 5) is 0. The van der Waals surface area contributed by atoms with Gasteiger partial charge in [0.25, 0.3) is 0 Å². The van der Waals surface area contributed by atoms with E-state index in [-0.39, 0.29) is 0 Å². The van der Waals surface area contributed by atoms with Crippen LogP contribution >= 0.6 is 0 Å². The molecule has 12 heavy (non-hydrogen) atoms. The van der Waals surface area contributed by atoms with E-state index >= 15 is 0 Å². The molecule has 0 radical (unpaired) electrons. The third-order valence-corrected chi connectivity index (χ3v) is 2.27. The molecule has 1 aliphatic rings. The van der Waals surface area contributed by atoms with E-state index in [1.54, 1.807) is 24.3 Å². The van der Waals surface area contributed by atoms with E-state index in [1.807, 2.05) is 0 Å². The fourth-order valence-corrected chi connectivity index (χ4v) is 1.58. The third kappa shape index (κ3) is 0.862. The minimum atomic E-state index is -1.35. The SMILES string of the molecule is NC1C(F)c2ccccc2C1F. The molecular weight excluding hydrogens is 160 g/mol. The largest absolute Gasteiger partial charge is 0.322 e. The molecule has 0 aromatic heterocycles. The molecule has 0 aliphatic heterocycles. The standard InChI is InChI=1S/C9H9F2N/c10-7-5-3-1-2-4-6(5)8(11)9(7)12/h1-4,7-9H,12H2. The van der Waals surface area contributed by atoms with Gasteiger partial charge in [0.2, 0.25) is 0 Å². The summed E-state index contributed by atoms with van der Waals surface area (Å²) in [6.07, 6.45) is -2.70.